The van der Waals surface area contributed by atoms with E-state index in [1.165, 1.54) is 5.56 Å². The van der Waals surface area contributed by atoms with E-state index in [4.69, 9.17) is 4.74 Å². The minimum atomic E-state index is -0.465. The topological polar surface area (TPSA) is 29.5 Å². The molecule has 3 aromatic rings. The maximum absolute atomic E-state index is 10.4. The highest BCUT2D eigenvalue weighted by atomic mass is 16.5. The van der Waals surface area contributed by atoms with Crippen molar-refractivity contribution in [3.8, 4) is 11.5 Å². The van der Waals surface area contributed by atoms with Gasteiger partial charge in [0.2, 0.25) is 0 Å². The van der Waals surface area contributed by atoms with E-state index in [-0.39, 0.29) is 0 Å². The van der Waals surface area contributed by atoms with Gasteiger partial charge in [-0.2, -0.15) is 0 Å². The third kappa shape index (κ3) is 4.71. The largest absolute Gasteiger partial charge is 0.457 e. The molecule has 2 heteroatoms. The SMILES string of the molecule is O[C@@H](CCCc1ccccc1)c1cccc(Oc2ccccc2)c1. The third-order valence-electron chi connectivity index (χ3n) is 4.01. The van der Waals surface area contributed by atoms with Crippen LogP contribution in [0.5, 0.6) is 11.5 Å². The van der Waals surface area contributed by atoms with E-state index in [0.29, 0.717) is 0 Å². The van der Waals surface area contributed by atoms with Crippen molar-refractivity contribution in [1.29, 1.82) is 0 Å². The van der Waals surface area contributed by atoms with Crippen molar-refractivity contribution in [2.24, 2.45) is 0 Å². The lowest BCUT2D eigenvalue weighted by molar-refractivity contribution is 0.164. The highest BCUT2D eigenvalue weighted by Crippen LogP contribution is 2.26. The van der Waals surface area contributed by atoms with E-state index in [0.717, 1.165) is 36.3 Å². The number of aryl methyl sites for hydroxylation is 1. The van der Waals surface area contributed by atoms with Crippen LogP contribution in [0, 0.1) is 0 Å². The Morgan fingerprint density at radius 2 is 1.42 bits per heavy atom. The van der Waals surface area contributed by atoms with Crippen LogP contribution < -0.4 is 4.74 Å². The van der Waals surface area contributed by atoms with Gasteiger partial charge in [-0.15, -0.1) is 0 Å². The van der Waals surface area contributed by atoms with Crippen LogP contribution in [0.3, 0.4) is 0 Å². The number of hydrogen-bond acceptors (Lipinski definition) is 2. The lowest BCUT2D eigenvalue weighted by atomic mass is 10.0. The molecule has 0 aromatic heterocycles. The summed E-state index contributed by atoms with van der Waals surface area (Å²) < 4.78 is 5.83. The van der Waals surface area contributed by atoms with E-state index >= 15 is 0 Å². The van der Waals surface area contributed by atoms with Gasteiger partial charge in [-0.1, -0.05) is 60.7 Å². The van der Waals surface area contributed by atoms with Crippen molar-refractivity contribution in [1.82, 2.24) is 0 Å². The number of aliphatic hydroxyl groups is 1. The molecule has 0 saturated carbocycles. The molecule has 0 saturated heterocycles. The van der Waals surface area contributed by atoms with E-state index in [2.05, 4.69) is 24.3 Å². The molecule has 1 N–H and O–H groups in total. The van der Waals surface area contributed by atoms with Crippen LogP contribution in [0.4, 0.5) is 0 Å². The quantitative estimate of drug-likeness (QED) is 0.620. The fourth-order valence-electron chi connectivity index (χ4n) is 2.72. The molecule has 0 spiro atoms. The van der Waals surface area contributed by atoms with Crippen LogP contribution in [0.2, 0.25) is 0 Å². The van der Waals surface area contributed by atoms with Gasteiger partial charge in [0.25, 0.3) is 0 Å². The number of hydrogen-bond donors (Lipinski definition) is 1. The maximum atomic E-state index is 10.4. The third-order valence-corrected chi connectivity index (χ3v) is 4.01. The van der Waals surface area contributed by atoms with Crippen LogP contribution in [-0.2, 0) is 6.42 Å². The van der Waals surface area contributed by atoms with E-state index in [1.807, 2.05) is 60.7 Å². The Morgan fingerprint density at radius 3 is 2.17 bits per heavy atom. The molecular formula is C22H22O2. The molecule has 0 aliphatic rings. The second-order valence-corrected chi connectivity index (χ2v) is 5.88. The first kappa shape index (κ1) is 16.3. The highest BCUT2D eigenvalue weighted by molar-refractivity contribution is 5.34. The summed E-state index contributed by atoms with van der Waals surface area (Å²) in [6, 6.07) is 27.8. The molecular weight excluding hydrogens is 296 g/mol. The Bertz CT molecular complexity index is 738. The first-order valence-corrected chi connectivity index (χ1v) is 8.36. The van der Waals surface area contributed by atoms with Crippen LogP contribution in [-0.4, -0.2) is 5.11 Å². The molecule has 0 radical (unpaired) electrons. The molecule has 0 bridgehead atoms. The summed E-state index contributed by atoms with van der Waals surface area (Å²) in [5.74, 6) is 1.55. The summed E-state index contributed by atoms with van der Waals surface area (Å²) >= 11 is 0. The molecule has 0 heterocycles. The Morgan fingerprint density at radius 1 is 0.750 bits per heavy atom. The average molecular weight is 318 g/mol. The second kappa shape index (κ2) is 8.32. The Hall–Kier alpha value is -2.58. The number of benzene rings is 3. The van der Waals surface area contributed by atoms with Crippen LogP contribution >= 0.6 is 0 Å². The fraction of sp³-hybridized carbons (Fsp3) is 0.182. The van der Waals surface area contributed by atoms with E-state index in [1.54, 1.807) is 0 Å². The van der Waals surface area contributed by atoms with E-state index in [9.17, 15) is 5.11 Å². The van der Waals surface area contributed by atoms with Gasteiger partial charge < -0.3 is 9.84 Å². The molecule has 0 unspecified atom stereocenters. The van der Waals surface area contributed by atoms with Crippen molar-refractivity contribution >= 4 is 0 Å². The van der Waals surface area contributed by atoms with Gasteiger partial charge in [0.05, 0.1) is 6.10 Å². The monoisotopic (exact) mass is 318 g/mol. The minimum absolute atomic E-state index is 0.465. The molecule has 3 rings (SSSR count). The summed E-state index contributed by atoms with van der Waals surface area (Å²) in [5.41, 5.74) is 2.21. The molecule has 24 heavy (non-hydrogen) atoms. The minimum Gasteiger partial charge on any atom is -0.457 e. The summed E-state index contributed by atoms with van der Waals surface area (Å²) in [4.78, 5) is 0. The van der Waals surface area contributed by atoms with Crippen LogP contribution in [0.1, 0.15) is 30.1 Å². The Labute approximate surface area is 143 Å². The normalized spacial score (nSPS) is 11.9. The average Bonchev–Trinajstić information content (AvgIpc) is 2.64. The molecule has 1 atom stereocenters. The molecule has 0 aliphatic carbocycles. The molecule has 0 amide bonds. The fourth-order valence-corrected chi connectivity index (χ4v) is 2.72. The molecule has 3 aromatic carbocycles. The number of ether oxygens (including phenoxy) is 1. The van der Waals surface area contributed by atoms with Crippen molar-refractivity contribution in [3.05, 3.63) is 96.1 Å². The number of rotatable bonds is 7. The van der Waals surface area contributed by atoms with Gasteiger partial charge in [0.15, 0.2) is 0 Å². The predicted octanol–water partition coefficient (Wildman–Crippen LogP) is 5.54. The maximum Gasteiger partial charge on any atom is 0.127 e. The summed E-state index contributed by atoms with van der Waals surface area (Å²) in [6.45, 7) is 0. The van der Waals surface area contributed by atoms with Gasteiger partial charge >= 0.3 is 0 Å². The molecule has 0 fully saturated rings. The molecule has 2 nitrogen and oxygen atoms in total. The standard InChI is InChI=1S/C22H22O2/c23-22(16-7-11-18-9-3-1-4-10-18)19-12-8-15-21(17-19)24-20-13-5-2-6-14-20/h1-6,8-10,12-15,17,22-23H,7,11,16H2/t22-/m0/s1. The van der Waals surface area contributed by atoms with Crippen molar-refractivity contribution in [2.45, 2.75) is 25.4 Å². The second-order valence-electron chi connectivity index (χ2n) is 5.88. The van der Waals surface area contributed by atoms with Gasteiger partial charge in [0.1, 0.15) is 11.5 Å². The zero-order chi connectivity index (χ0) is 16.6. The summed E-state index contributed by atoms with van der Waals surface area (Å²) in [7, 11) is 0. The van der Waals surface area contributed by atoms with Crippen LogP contribution in [0.25, 0.3) is 0 Å². The molecule has 122 valence electrons. The Balaban J connectivity index is 1.56. The van der Waals surface area contributed by atoms with Crippen LogP contribution in [0.15, 0.2) is 84.9 Å². The van der Waals surface area contributed by atoms with Crippen molar-refractivity contribution in [3.63, 3.8) is 0 Å². The summed E-state index contributed by atoms with van der Waals surface area (Å²) in [5, 5.41) is 10.4. The lowest BCUT2D eigenvalue weighted by Crippen LogP contribution is -1.99. The smallest absolute Gasteiger partial charge is 0.127 e. The predicted molar refractivity (Wildman–Crippen MR) is 97.3 cm³/mol. The van der Waals surface area contributed by atoms with Gasteiger partial charge in [-0.25, -0.2) is 0 Å². The van der Waals surface area contributed by atoms with Crippen molar-refractivity contribution in [2.75, 3.05) is 0 Å². The zero-order valence-electron chi connectivity index (χ0n) is 13.6. The van der Waals surface area contributed by atoms with Gasteiger partial charge in [0, 0.05) is 0 Å². The Kier molecular flexibility index (Phi) is 5.65. The first-order chi connectivity index (χ1) is 11.8. The lowest BCUT2D eigenvalue weighted by Gasteiger charge is -2.13. The number of para-hydroxylation sites is 1. The summed E-state index contributed by atoms with van der Waals surface area (Å²) in [6.07, 6.45) is 2.21. The first-order valence-electron chi connectivity index (χ1n) is 8.36. The van der Waals surface area contributed by atoms with Gasteiger partial charge in [-0.3, -0.25) is 0 Å². The number of aliphatic hydroxyl groups excluding tert-OH is 1. The molecule has 0 aliphatic heterocycles. The zero-order valence-corrected chi connectivity index (χ0v) is 13.6. The highest BCUT2D eigenvalue weighted by Gasteiger charge is 2.09. The van der Waals surface area contributed by atoms with Crippen molar-refractivity contribution < 1.29 is 9.84 Å². The van der Waals surface area contributed by atoms with Gasteiger partial charge in [-0.05, 0) is 54.7 Å². The van der Waals surface area contributed by atoms with E-state index < -0.39 is 6.10 Å².